The van der Waals surface area contributed by atoms with Crippen LogP contribution in [0.5, 0.6) is 5.75 Å². The normalized spacial score (nSPS) is 12.4. The molecule has 0 fully saturated rings. The summed E-state index contributed by atoms with van der Waals surface area (Å²) in [5, 5.41) is 0. The molecule has 0 spiro atoms. The van der Waals surface area contributed by atoms with Gasteiger partial charge in [0.15, 0.2) is 0 Å². The lowest BCUT2D eigenvalue weighted by atomic mass is 10.0. The second-order valence-electron chi connectivity index (χ2n) is 5.48. The van der Waals surface area contributed by atoms with E-state index in [-0.39, 0.29) is 6.10 Å². The van der Waals surface area contributed by atoms with Gasteiger partial charge in [-0.25, -0.2) is 0 Å². The first-order valence-corrected chi connectivity index (χ1v) is 7.13. The maximum absolute atomic E-state index is 6.01. The minimum absolute atomic E-state index is 0.0974. The Morgan fingerprint density at radius 3 is 2.25 bits per heavy atom. The third-order valence-electron chi connectivity index (χ3n) is 3.45. The number of nitrogens with two attached hydrogens (primary N) is 1. The summed E-state index contributed by atoms with van der Waals surface area (Å²) in [5.74, 6) is 1.40. The van der Waals surface area contributed by atoms with Gasteiger partial charge in [0.05, 0.1) is 0 Å². The van der Waals surface area contributed by atoms with Crippen molar-refractivity contribution in [3.05, 3.63) is 65.2 Å². The fourth-order valence-corrected chi connectivity index (χ4v) is 2.22. The number of aryl methyl sites for hydroxylation is 1. The molecule has 0 amide bonds. The van der Waals surface area contributed by atoms with E-state index in [2.05, 4.69) is 51.1 Å². The number of benzene rings is 2. The lowest BCUT2D eigenvalue weighted by Crippen LogP contribution is -2.18. The summed E-state index contributed by atoms with van der Waals surface area (Å²) >= 11 is 0. The van der Waals surface area contributed by atoms with E-state index < -0.39 is 0 Å². The SMILES string of the molecule is Cc1cccc(C(CN)Oc2ccc(C(C)C)cc2)c1. The summed E-state index contributed by atoms with van der Waals surface area (Å²) in [6.45, 7) is 6.92. The van der Waals surface area contributed by atoms with Crippen molar-refractivity contribution in [1.82, 2.24) is 0 Å². The fourth-order valence-electron chi connectivity index (χ4n) is 2.22. The second kappa shape index (κ2) is 6.58. The van der Waals surface area contributed by atoms with Gasteiger partial charge in [-0.3, -0.25) is 0 Å². The van der Waals surface area contributed by atoms with Gasteiger partial charge in [-0.05, 0) is 36.1 Å². The maximum atomic E-state index is 6.01. The van der Waals surface area contributed by atoms with E-state index in [0.29, 0.717) is 12.5 Å². The first kappa shape index (κ1) is 14.6. The first-order chi connectivity index (χ1) is 9.60. The van der Waals surface area contributed by atoms with Crippen molar-refractivity contribution >= 4 is 0 Å². The predicted octanol–water partition coefficient (Wildman–Crippen LogP) is 4.20. The summed E-state index contributed by atoms with van der Waals surface area (Å²) in [6.07, 6.45) is -0.0974. The highest BCUT2D eigenvalue weighted by molar-refractivity contribution is 5.31. The Balaban J connectivity index is 2.14. The lowest BCUT2D eigenvalue weighted by Gasteiger charge is -2.19. The van der Waals surface area contributed by atoms with Crippen LogP contribution in [0.3, 0.4) is 0 Å². The summed E-state index contributed by atoms with van der Waals surface area (Å²) in [5.41, 5.74) is 9.52. The topological polar surface area (TPSA) is 35.2 Å². The average Bonchev–Trinajstić information content (AvgIpc) is 2.45. The van der Waals surface area contributed by atoms with Gasteiger partial charge in [-0.2, -0.15) is 0 Å². The van der Waals surface area contributed by atoms with E-state index in [1.807, 2.05) is 18.2 Å². The monoisotopic (exact) mass is 269 g/mol. The Labute approximate surface area is 121 Å². The molecule has 2 aromatic rings. The van der Waals surface area contributed by atoms with Gasteiger partial charge in [0.25, 0.3) is 0 Å². The minimum Gasteiger partial charge on any atom is -0.484 e. The van der Waals surface area contributed by atoms with E-state index >= 15 is 0 Å². The molecule has 0 radical (unpaired) electrons. The molecule has 0 bridgehead atoms. The molecule has 1 atom stereocenters. The molecule has 1 unspecified atom stereocenters. The van der Waals surface area contributed by atoms with Crippen LogP contribution in [-0.4, -0.2) is 6.54 Å². The third kappa shape index (κ3) is 3.61. The van der Waals surface area contributed by atoms with Gasteiger partial charge >= 0.3 is 0 Å². The molecule has 0 aromatic heterocycles. The third-order valence-corrected chi connectivity index (χ3v) is 3.45. The van der Waals surface area contributed by atoms with Crippen LogP contribution in [0.15, 0.2) is 48.5 Å². The molecule has 2 aromatic carbocycles. The molecule has 0 aliphatic rings. The largest absolute Gasteiger partial charge is 0.484 e. The predicted molar refractivity (Wildman–Crippen MR) is 84.1 cm³/mol. The fraction of sp³-hybridized carbons (Fsp3) is 0.333. The zero-order valence-electron chi connectivity index (χ0n) is 12.5. The zero-order valence-corrected chi connectivity index (χ0v) is 12.5. The summed E-state index contributed by atoms with van der Waals surface area (Å²) < 4.78 is 6.01. The zero-order chi connectivity index (χ0) is 14.5. The standard InChI is InChI=1S/C18H23NO/c1-13(2)15-7-9-17(10-8-15)20-18(12-19)16-6-4-5-14(3)11-16/h4-11,13,18H,12,19H2,1-3H3. The molecule has 0 saturated heterocycles. The first-order valence-electron chi connectivity index (χ1n) is 7.13. The highest BCUT2D eigenvalue weighted by Gasteiger charge is 2.11. The van der Waals surface area contributed by atoms with Gasteiger partial charge in [0.1, 0.15) is 11.9 Å². The maximum Gasteiger partial charge on any atom is 0.136 e. The number of rotatable bonds is 5. The van der Waals surface area contributed by atoms with Gasteiger partial charge < -0.3 is 10.5 Å². The van der Waals surface area contributed by atoms with E-state index in [1.54, 1.807) is 0 Å². The Morgan fingerprint density at radius 2 is 1.70 bits per heavy atom. The van der Waals surface area contributed by atoms with Crippen LogP contribution in [0.4, 0.5) is 0 Å². The molecule has 0 saturated carbocycles. The molecule has 106 valence electrons. The van der Waals surface area contributed by atoms with Crippen LogP contribution in [0, 0.1) is 6.92 Å². The van der Waals surface area contributed by atoms with E-state index in [0.717, 1.165) is 11.3 Å². The highest BCUT2D eigenvalue weighted by atomic mass is 16.5. The van der Waals surface area contributed by atoms with Gasteiger partial charge in [-0.15, -0.1) is 0 Å². The molecule has 20 heavy (non-hydrogen) atoms. The molecule has 0 aliphatic heterocycles. The van der Waals surface area contributed by atoms with Crippen molar-refractivity contribution in [3.63, 3.8) is 0 Å². The molecule has 2 N–H and O–H groups in total. The van der Waals surface area contributed by atoms with Gasteiger partial charge in [-0.1, -0.05) is 55.8 Å². The highest BCUT2D eigenvalue weighted by Crippen LogP contribution is 2.24. The van der Waals surface area contributed by atoms with Crippen LogP contribution in [0.1, 0.15) is 42.6 Å². The van der Waals surface area contributed by atoms with Crippen molar-refractivity contribution in [2.45, 2.75) is 32.8 Å². The number of ether oxygens (including phenoxy) is 1. The van der Waals surface area contributed by atoms with Crippen LogP contribution < -0.4 is 10.5 Å². The lowest BCUT2D eigenvalue weighted by molar-refractivity contribution is 0.214. The molecule has 2 rings (SSSR count). The van der Waals surface area contributed by atoms with Gasteiger partial charge in [0, 0.05) is 6.54 Å². The van der Waals surface area contributed by atoms with Crippen molar-refractivity contribution in [1.29, 1.82) is 0 Å². The average molecular weight is 269 g/mol. The van der Waals surface area contributed by atoms with Crippen molar-refractivity contribution in [2.24, 2.45) is 5.73 Å². The molecule has 2 nitrogen and oxygen atoms in total. The molecule has 2 heteroatoms. The number of hydrogen-bond donors (Lipinski definition) is 1. The van der Waals surface area contributed by atoms with Crippen LogP contribution in [0.25, 0.3) is 0 Å². The van der Waals surface area contributed by atoms with Crippen LogP contribution in [-0.2, 0) is 0 Å². The second-order valence-corrected chi connectivity index (χ2v) is 5.48. The number of hydrogen-bond acceptors (Lipinski definition) is 2. The summed E-state index contributed by atoms with van der Waals surface area (Å²) in [6, 6.07) is 16.6. The molecular formula is C18H23NO. The van der Waals surface area contributed by atoms with Crippen molar-refractivity contribution < 1.29 is 4.74 Å². The Hall–Kier alpha value is -1.80. The minimum atomic E-state index is -0.0974. The Bertz CT molecular complexity index is 546. The van der Waals surface area contributed by atoms with E-state index in [4.69, 9.17) is 10.5 Å². The Kier molecular flexibility index (Phi) is 4.80. The van der Waals surface area contributed by atoms with Crippen molar-refractivity contribution in [2.75, 3.05) is 6.54 Å². The summed E-state index contributed by atoms with van der Waals surface area (Å²) in [4.78, 5) is 0. The molecular weight excluding hydrogens is 246 g/mol. The molecule has 0 aliphatic carbocycles. The van der Waals surface area contributed by atoms with E-state index in [9.17, 15) is 0 Å². The van der Waals surface area contributed by atoms with Gasteiger partial charge in [0.2, 0.25) is 0 Å². The van der Waals surface area contributed by atoms with Crippen LogP contribution >= 0.6 is 0 Å². The Morgan fingerprint density at radius 1 is 1.00 bits per heavy atom. The molecule has 0 heterocycles. The quantitative estimate of drug-likeness (QED) is 0.883. The van der Waals surface area contributed by atoms with Crippen LogP contribution in [0.2, 0.25) is 0 Å². The summed E-state index contributed by atoms with van der Waals surface area (Å²) in [7, 11) is 0. The van der Waals surface area contributed by atoms with E-state index in [1.165, 1.54) is 11.1 Å². The smallest absolute Gasteiger partial charge is 0.136 e. The van der Waals surface area contributed by atoms with Crippen molar-refractivity contribution in [3.8, 4) is 5.75 Å².